The summed E-state index contributed by atoms with van der Waals surface area (Å²) in [5, 5.41) is 13.5. The predicted molar refractivity (Wildman–Crippen MR) is 108 cm³/mol. The van der Waals surface area contributed by atoms with E-state index in [1.54, 1.807) is 0 Å². The zero-order valence-corrected chi connectivity index (χ0v) is 15.7. The molecule has 1 fully saturated rings. The largest absolute Gasteiger partial charge is 0.388 e. The van der Waals surface area contributed by atoms with Gasteiger partial charge in [-0.05, 0) is 55.0 Å². The summed E-state index contributed by atoms with van der Waals surface area (Å²) < 4.78 is 0. The Morgan fingerprint density at radius 3 is 2.85 bits per heavy atom. The Morgan fingerprint density at radius 1 is 1.15 bits per heavy atom. The van der Waals surface area contributed by atoms with Crippen LogP contribution < -0.4 is 5.32 Å². The van der Waals surface area contributed by atoms with Gasteiger partial charge in [0, 0.05) is 18.3 Å². The average Bonchev–Trinajstić information content (AvgIpc) is 3.07. The van der Waals surface area contributed by atoms with Crippen molar-refractivity contribution >= 4 is 11.6 Å². The Balaban J connectivity index is 1.36. The standard InChI is InChI=1S/C23H28N2O2/c26-22(18-9-10-21-19(15-18)16-23(27)24-21)11-13-25-12-5-4-8-20(25)14-17-6-2-1-3-7-17/h1-3,6-7,9-10,15,20,22,26H,4-5,8,11-14,16H2,(H,24,27). The van der Waals surface area contributed by atoms with Gasteiger partial charge >= 0.3 is 0 Å². The number of aliphatic hydroxyl groups excluding tert-OH is 1. The quantitative estimate of drug-likeness (QED) is 0.822. The van der Waals surface area contributed by atoms with E-state index in [0.29, 0.717) is 12.5 Å². The molecule has 2 aliphatic heterocycles. The normalized spacial score (nSPS) is 20.9. The highest BCUT2D eigenvalue weighted by atomic mass is 16.3. The Hall–Kier alpha value is -2.17. The van der Waals surface area contributed by atoms with Gasteiger partial charge in [-0.2, -0.15) is 0 Å². The summed E-state index contributed by atoms with van der Waals surface area (Å²) in [7, 11) is 0. The van der Waals surface area contributed by atoms with Gasteiger partial charge in [-0.25, -0.2) is 0 Å². The van der Waals surface area contributed by atoms with Crippen LogP contribution in [-0.4, -0.2) is 35.0 Å². The molecule has 2 heterocycles. The van der Waals surface area contributed by atoms with E-state index in [2.05, 4.69) is 40.5 Å². The van der Waals surface area contributed by atoms with Gasteiger partial charge in [-0.1, -0.05) is 48.9 Å². The van der Waals surface area contributed by atoms with Crippen LogP contribution in [0.25, 0.3) is 0 Å². The van der Waals surface area contributed by atoms with Gasteiger partial charge < -0.3 is 10.4 Å². The predicted octanol–water partition coefficient (Wildman–Crippen LogP) is 3.70. The van der Waals surface area contributed by atoms with Crippen molar-refractivity contribution in [2.24, 2.45) is 0 Å². The summed E-state index contributed by atoms with van der Waals surface area (Å²) in [4.78, 5) is 14.1. The van der Waals surface area contributed by atoms with Crippen molar-refractivity contribution in [1.82, 2.24) is 4.90 Å². The summed E-state index contributed by atoms with van der Waals surface area (Å²) in [6, 6.07) is 17.1. The molecule has 2 atom stereocenters. The van der Waals surface area contributed by atoms with E-state index in [9.17, 15) is 9.90 Å². The lowest BCUT2D eigenvalue weighted by Gasteiger charge is -2.36. The highest BCUT2D eigenvalue weighted by Crippen LogP contribution is 2.28. The second-order valence-electron chi connectivity index (χ2n) is 7.82. The van der Waals surface area contributed by atoms with Gasteiger partial charge in [0.2, 0.25) is 5.91 Å². The summed E-state index contributed by atoms with van der Waals surface area (Å²) >= 11 is 0. The number of benzene rings is 2. The first kappa shape index (κ1) is 18.2. The van der Waals surface area contributed by atoms with Gasteiger partial charge in [0.1, 0.15) is 0 Å². The van der Waals surface area contributed by atoms with Crippen LogP contribution in [0.1, 0.15) is 48.5 Å². The molecule has 2 aromatic rings. The number of hydrogen-bond acceptors (Lipinski definition) is 3. The number of piperidine rings is 1. The molecule has 1 saturated heterocycles. The van der Waals surface area contributed by atoms with Crippen molar-refractivity contribution in [1.29, 1.82) is 0 Å². The zero-order valence-electron chi connectivity index (χ0n) is 15.7. The number of amides is 1. The number of likely N-dealkylation sites (tertiary alicyclic amines) is 1. The number of anilines is 1. The number of carbonyl (C=O) groups excluding carboxylic acids is 1. The second kappa shape index (κ2) is 8.24. The zero-order chi connectivity index (χ0) is 18.6. The Kier molecular flexibility index (Phi) is 5.55. The highest BCUT2D eigenvalue weighted by molar-refractivity contribution is 5.99. The number of nitrogens with zero attached hydrogens (tertiary/aromatic N) is 1. The molecule has 142 valence electrons. The maximum Gasteiger partial charge on any atom is 0.228 e. The molecular weight excluding hydrogens is 336 g/mol. The fourth-order valence-corrected chi connectivity index (χ4v) is 4.38. The van der Waals surface area contributed by atoms with Crippen molar-refractivity contribution < 1.29 is 9.90 Å². The van der Waals surface area contributed by atoms with Crippen molar-refractivity contribution in [2.45, 2.75) is 50.7 Å². The van der Waals surface area contributed by atoms with Crippen LogP contribution in [0.3, 0.4) is 0 Å². The van der Waals surface area contributed by atoms with E-state index < -0.39 is 6.10 Å². The number of rotatable bonds is 6. The molecular formula is C23H28N2O2. The molecule has 0 saturated carbocycles. The summed E-state index contributed by atoms with van der Waals surface area (Å²) in [5.41, 5.74) is 4.19. The molecule has 0 spiro atoms. The molecule has 4 heteroatoms. The Morgan fingerprint density at radius 2 is 2.00 bits per heavy atom. The van der Waals surface area contributed by atoms with Crippen molar-refractivity contribution in [3.63, 3.8) is 0 Å². The molecule has 2 aromatic carbocycles. The third-order valence-corrected chi connectivity index (χ3v) is 5.89. The first-order valence-electron chi connectivity index (χ1n) is 10.1. The first-order chi connectivity index (χ1) is 13.2. The number of hydrogen-bond donors (Lipinski definition) is 2. The van der Waals surface area contributed by atoms with Crippen LogP contribution >= 0.6 is 0 Å². The Labute approximate surface area is 161 Å². The number of fused-ring (bicyclic) bond motifs is 1. The second-order valence-corrected chi connectivity index (χ2v) is 7.82. The molecule has 1 amide bonds. The van der Waals surface area contributed by atoms with Crippen LogP contribution in [0.15, 0.2) is 48.5 Å². The summed E-state index contributed by atoms with van der Waals surface area (Å²) in [6.07, 6.45) is 5.52. The van der Waals surface area contributed by atoms with Crippen molar-refractivity contribution in [3.05, 3.63) is 65.2 Å². The molecule has 0 radical (unpaired) electrons. The maximum absolute atomic E-state index is 11.5. The van der Waals surface area contributed by atoms with Crippen LogP contribution in [0, 0.1) is 0 Å². The van der Waals surface area contributed by atoms with E-state index in [4.69, 9.17) is 0 Å². The minimum Gasteiger partial charge on any atom is -0.388 e. The molecule has 27 heavy (non-hydrogen) atoms. The van der Waals surface area contributed by atoms with Crippen molar-refractivity contribution in [3.8, 4) is 0 Å². The minimum absolute atomic E-state index is 0.0358. The molecule has 2 aliphatic rings. The minimum atomic E-state index is -0.481. The lowest BCUT2D eigenvalue weighted by Crippen LogP contribution is -2.41. The van der Waals surface area contributed by atoms with Gasteiger partial charge in [-0.3, -0.25) is 9.69 Å². The summed E-state index contributed by atoms with van der Waals surface area (Å²) in [5.74, 6) is 0.0358. The van der Waals surface area contributed by atoms with Gasteiger partial charge in [-0.15, -0.1) is 0 Å². The average molecular weight is 364 g/mol. The summed E-state index contributed by atoms with van der Waals surface area (Å²) in [6.45, 7) is 2.03. The molecule has 0 aliphatic carbocycles. The van der Waals surface area contributed by atoms with Gasteiger partial charge in [0.15, 0.2) is 0 Å². The number of aliphatic hydroxyl groups is 1. The SMILES string of the molecule is O=C1Cc2cc(C(O)CCN3CCCCC3Cc3ccccc3)ccc2N1. The first-order valence-corrected chi connectivity index (χ1v) is 10.1. The van der Waals surface area contributed by atoms with Gasteiger partial charge in [0.25, 0.3) is 0 Å². The van der Waals surface area contributed by atoms with Crippen LogP contribution in [0.5, 0.6) is 0 Å². The van der Waals surface area contributed by atoms with Crippen LogP contribution in [-0.2, 0) is 17.6 Å². The van der Waals surface area contributed by atoms with E-state index in [-0.39, 0.29) is 5.91 Å². The molecule has 2 N–H and O–H groups in total. The number of carbonyl (C=O) groups is 1. The van der Waals surface area contributed by atoms with E-state index in [0.717, 1.165) is 42.7 Å². The maximum atomic E-state index is 11.5. The smallest absolute Gasteiger partial charge is 0.228 e. The molecule has 2 unspecified atom stereocenters. The lowest BCUT2D eigenvalue weighted by molar-refractivity contribution is -0.115. The van der Waals surface area contributed by atoms with Gasteiger partial charge in [0.05, 0.1) is 12.5 Å². The fraction of sp³-hybridized carbons (Fsp3) is 0.435. The monoisotopic (exact) mass is 364 g/mol. The van der Waals surface area contributed by atoms with E-state index in [1.807, 2.05) is 18.2 Å². The van der Waals surface area contributed by atoms with Crippen LogP contribution in [0.4, 0.5) is 5.69 Å². The topological polar surface area (TPSA) is 52.6 Å². The molecule has 4 rings (SSSR count). The fourth-order valence-electron chi connectivity index (χ4n) is 4.38. The molecule has 0 aromatic heterocycles. The lowest BCUT2D eigenvalue weighted by atomic mass is 9.94. The third-order valence-electron chi connectivity index (χ3n) is 5.89. The third kappa shape index (κ3) is 4.40. The van der Waals surface area contributed by atoms with Crippen molar-refractivity contribution in [2.75, 3.05) is 18.4 Å². The molecule has 0 bridgehead atoms. The van der Waals surface area contributed by atoms with Crippen LogP contribution in [0.2, 0.25) is 0 Å². The van der Waals surface area contributed by atoms with E-state index >= 15 is 0 Å². The van der Waals surface area contributed by atoms with E-state index in [1.165, 1.54) is 24.8 Å². The molecule has 4 nitrogen and oxygen atoms in total. The number of nitrogens with one attached hydrogen (secondary N) is 1. The highest BCUT2D eigenvalue weighted by Gasteiger charge is 2.24. The Bertz CT molecular complexity index is 790.